The number of nitro groups is 1. The van der Waals surface area contributed by atoms with Crippen LogP contribution in [0.1, 0.15) is 36.0 Å². The highest BCUT2D eigenvalue weighted by Gasteiger charge is 2.28. The van der Waals surface area contributed by atoms with E-state index in [2.05, 4.69) is 0 Å². The van der Waals surface area contributed by atoms with Gasteiger partial charge in [0.15, 0.2) is 9.84 Å². The van der Waals surface area contributed by atoms with E-state index in [0.717, 1.165) is 24.5 Å². The van der Waals surface area contributed by atoms with Gasteiger partial charge in [0, 0.05) is 25.2 Å². The van der Waals surface area contributed by atoms with Crippen molar-refractivity contribution in [3.8, 4) is 0 Å². The Labute approximate surface area is 132 Å². The molecule has 1 fully saturated rings. The Hall–Kier alpha value is -2.29. The van der Waals surface area contributed by atoms with E-state index < -0.39 is 32.5 Å². The van der Waals surface area contributed by atoms with Gasteiger partial charge in [-0.2, -0.15) is 0 Å². The third-order valence-electron chi connectivity index (χ3n) is 3.52. The number of carbonyl (C=O) groups is 2. The summed E-state index contributed by atoms with van der Waals surface area (Å²) in [6.07, 6.45) is 1.98. The van der Waals surface area contributed by atoms with E-state index in [-0.39, 0.29) is 22.7 Å². The number of hydrogen-bond acceptors (Lipinski definition) is 7. The van der Waals surface area contributed by atoms with E-state index in [1.807, 2.05) is 0 Å². The predicted molar refractivity (Wildman–Crippen MR) is 78.9 cm³/mol. The van der Waals surface area contributed by atoms with Crippen molar-refractivity contribution in [3.05, 3.63) is 33.9 Å². The lowest BCUT2D eigenvalue weighted by molar-refractivity contribution is -0.385. The van der Waals surface area contributed by atoms with Gasteiger partial charge in [-0.1, -0.05) is 0 Å². The lowest BCUT2D eigenvalue weighted by Gasteiger charge is -2.21. The number of esters is 1. The van der Waals surface area contributed by atoms with Crippen LogP contribution >= 0.6 is 0 Å². The molecule has 0 aromatic heterocycles. The van der Waals surface area contributed by atoms with Gasteiger partial charge in [0.1, 0.15) is 17.5 Å². The Morgan fingerprint density at radius 3 is 2.65 bits per heavy atom. The standard InChI is InChI=1S/C14H15NO7S/c1-23(20,21)11-5-6-12(13(8-11)15(18)19)14(17)22-10-4-2-3-9(16)7-10/h5-6,8,10H,2-4,7H2,1H3. The number of rotatable bonds is 4. The second-order valence-corrected chi connectivity index (χ2v) is 7.39. The summed E-state index contributed by atoms with van der Waals surface area (Å²) in [5.74, 6) is -0.951. The Kier molecular flexibility index (Phi) is 4.79. The second kappa shape index (κ2) is 6.45. The number of hydrogen-bond donors (Lipinski definition) is 0. The maximum atomic E-state index is 12.1. The summed E-state index contributed by atoms with van der Waals surface area (Å²) in [5.41, 5.74) is -0.972. The molecule has 1 aromatic carbocycles. The summed E-state index contributed by atoms with van der Waals surface area (Å²) >= 11 is 0. The van der Waals surface area contributed by atoms with Gasteiger partial charge in [0.05, 0.1) is 9.82 Å². The van der Waals surface area contributed by atoms with Crippen LogP contribution in [0.2, 0.25) is 0 Å². The summed E-state index contributed by atoms with van der Waals surface area (Å²) in [4.78, 5) is 33.5. The zero-order valence-corrected chi connectivity index (χ0v) is 13.2. The van der Waals surface area contributed by atoms with Crippen LogP contribution in [0.15, 0.2) is 23.1 Å². The highest BCUT2D eigenvalue weighted by molar-refractivity contribution is 7.90. The molecule has 1 aromatic rings. The number of ketones is 1. The van der Waals surface area contributed by atoms with Crippen molar-refractivity contribution >= 4 is 27.3 Å². The van der Waals surface area contributed by atoms with E-state index >= 15 is 0 Å². The molecule has 1 aliphatic rings. The first kappa shape index (κ1) is 17.1. The molecule has 9 heteroatoms. The monoisotopic (exact) mass is 341 g/mol. The maximum Gasteiger partial charge on any atom is 0.345 e. The van der Waals surface area contributed by atoms with Gasteiger partial charge in [0.2, 0.25) is 0 Å². The molecular formula is C14H15NO7S. The third-order valence-corrected chi connectivity index (χ3v) is 4.63. The van der Waals surface area contributed by atoms with Crippen molar-refractivity contribution in [3.63, 3.8) is 0 Å². The molecule has 8 nitrogen and oxygen atoms in total. The Morgan fingerprint density at radius 1 is 1.39 bits per heavy atom. The Balaban J connectivity index is 2.29. The molecule has 0 N–H and O–H groups in total. The first-order valence-electron chi connectivity index (χ1n) is 6.89. The number of Topliss-reactive ketones (excluding diaryl/α,β-unsaturated/α-hetero) is 1. The van der Waals surface area contributed by atoms with E-state index in [1.54, 1.807) is 0 Å². The molecule has 0 radical (unpaired) electrons. The number of benzene rings is 1. The second-order valence-electron chi connectivity index (χ2n) is 5.37. The van der Waals surface area contributed by atoms with Gasteiger partial charge in [-0.05, 0) is 25.0 Å². The van der Waals surface area contributed by atoms with Crippen molar-refractivity contribution in [2.45, 2.75) is 36.7 Å². The van der Waals surface area contributed by atoms with Crippen LogP contribution in [0.5, 0.6) is 0 Å². The van der Waals surface area contributed by atoms with Crippen LogP contribution in [-0.4, -0.2) is 37.5 Å². The van der Waals surface area contributed by atoms with Crippen LogP contribution < -0.4 is 0 Å². The topological polar surface area (TPSA) is 121 Å². The fourth-order valence-electron chi connectivity index (χ4n) is 2.37. The molecule has 1 aliphatic carbocycles. The average molecular weight is 341 g/mol. The van der Waals surface area contributed by atoms with Gasteiger partial charge in [0.25, 0.3) is 5.69 Å². The van der Waals surface area contributed by atoms with Crippen LogP contribution in [0.4, 0.5) is 5.69 Å². The van der Waals surface area contributed by atoms with Crippen molar-refractivity contribution in [1.29, 1.82) is 0 Å². The number of carbonyl (C=O) groups excluding carboxylic acids is 2. The molecule has 0 aliphatic heterocycles. The summed E-state index contributed by atoms with van der Waals surface area (Å²) in [6.45, 7) is 0. The zero-order valence-electron chi connectivity index (χ0n) is 12.4. The molecule has 0 spiro atoms. The van der Waals surface area contributed by atoms with E-state index in [0.29, 0.717) is 19.3 Å². The van der Waals surface area contributed by atoms with Gasteiger partial charge in [-0.25, -0.2) is 13.2 Å². The minimum atomic E-state index is -3.64. The lowest BCUT2D eigenvalue weighted by Crippen LogP contribution is -2.26. The molecule has 124 valence electrons. The van der Waals surface area contributed by atoms with Gasteiger partial charge in [-0.15, -0.1) is 0 Å². The Morgan fingerprint density at radius 2 is 2.09 bits per heavy atom. The lowest BCUT2D eigenvalue weighted by atomic mass is 9.96. The summed E-state index contributed by atoms with van der Waals surface area (Å²) < 4.78 is 28.1. The minimum Gasteiger partial charge on any atom is -0.458 e. The van der Waals surface area contributed by atoms with E-state index in [4.69, 9.17) is 4.74 Å². The molecule has 0 saturated heterocycles. The van der Waals surface area contributed by atoms with Crippen molar-refractivity contribution in [2.24, 2.45) is 0 Å². The summed E-state index contributed by atoms with van der Waals surface area (Å²) in [6, 6.07) is 3.00. The highest BCUT2D eigenvalue weighted by Crippen LogP contribution is 2.26. The molecule has 1 atom stereocenters. The highest BCUT2D eigenvalue weighted by atomic mass is 32.2. The van der Waals surface area contributed by atoms with E-state index in [9.17, 15) is 28.1 Å². The van der Waals surface area contributed by atoms with Crippen LogP contribution in [-0.2, 0) is 19.4 Å². The summed E-state index contributed by atoms with van der Waals surface area (Å²) in [7, 11) is -3.64. The number of nitrogens with zero attached hydrogens (tertiary/aromatic N) is 1. The number of sulfone groups is 1. The molecular weight excluding hydrogens is 326 g/mol. The third kappa shape index (κ3) is 4.13. The average Bonchev–Trinajstić information content (AvgIpc) is 2.45. The first-order valence-corrected chi connectivity index (χ1v) is 8.79. The van der Waals surface area contributed by atoms with Crippen molar-refractivity contribution in [2.75, 3.05) is 6.26 Å². The molecule has 0 bridgehead atoms. The normalized spacial score (nSPS) is 18.5. The number of ether oxygens (including phenoxy) is 1. The molecule has 23 heavy (non-hydrogen) atoms. The smallest absolute Gasteiger partial charge is 0.345 e. The van der Waals surface area contributed by atoms with Gasteiger partial charge in [-0.3, -0.25) is 14.9 Å². The molecule has 1 unspecified atom stereocenters. The van der Waals surface area contributed by atoms with Crippen molar-refractivity contribution in [1.82, 2.24) is 0 Å². The van der Waals surface area contributed by atoms with Gasteiger partial charge < -0.3 is 4.74 Å². The quantitative estimate of drug-likeness (QED) is 0.464. The Bertz CT molecular complexity index is 769. The fourth-order valence-corrected chi connectivity index (χ4v) is 3.01. The molecule has 0 heterocycles. The zero-order chi connectivity index (χ0) is 17.2. The SMILES string of the molecule is CS(=O)(=O)c1ccc(C(=O)OC2CCCC(=O)C2)c([N+](=O)[O-])c1. The molecule has 2 rings (SSSR count). The molecule has 0 amide bonds. The predicted octanol–water partition coefficient (Wildman–Crippen LogP) is 1.67. The maximum absolute atomic E-state index is 12.1. The van der Waals surface area contributed by atoms with Crippen LogP contribution in [0.3, 0.4) is 0 Å². The van der Waals surface area contributed by atoms with E-state index in [1.165, 1.54) is 0 Å². The first-order chi connectivity index (χ1) is 10.7. The van der Waals surface area contributed by atoms with Crippen molar-refractivity contribution < 1.29 is 27.7 Å². The molecule has 1 saturated carbocycles. The largest absolute Gasteiger partial charge is 0.458 e. The van der Waals surface area contributed by atoms with Gasteiger partial charge >= 0.3 is 5.97 Å². The number of nitro benzene ring substituents is 1. The van der Waals surface area contributed by atoms with Crippen LogP contribution in [0.25, 0.3) is 0 Å². The summed E-state index contributed by atoms with van der Waals surface area (Å²) in [5, 5.41) is 11.1. The van der Waals surface area contributed by atoms with Crippen LogP contribution in [0, 0.1) is 10.1 Å². The minimum absolute atomic E-state index is 0.0176. The fraction of sp³-hybridized carbons (Fsp3) is 0.429.